The molecule has 3 unspecified atom stereocenters. The second-order valence-corrected chi connectivity index (χ2v) is 5.94. The Balaban J connectivity index is 2.07. The van der Waals surface area contributed by atoms with Crippen LogP contribution in [0.4, 0.5) is 8.78 Å². The van der Waals surface area contributed by atoms with Crippen molar-refractivity contribution in [3.8, 4) is 0 Å². The molecule has 1 aliphatic rings. The van der Waals surface area contributed by atoms with Crippen molar-refractivity contribution in [1.29, 1.82) is 0 Å². The number of rotatable bonds is 4. The Morgan fingerprint density at radius 1 is 1.33 bits per heavy atom. The molecule has 0 amide bonds. The second kappa shape index (κ2) is 6.02. The summed E-state index contributed by atoms with van der Waals surface area (Å²) in [4.78, 5) is 0. The van der Waals surface area contributed by atoms with Crippen molar-refractivity contribution in [3.05, 3.63) is 35.4 Å². The van der Waals surface area contributed by atoms with E-state index in [0.29, 0.717) is 16.9 Å². The summed E-state index contributed by atoms with van der Waals surface area (Å²) < 4.78 is 26.8. The van der Waals surface area contributed by atoms with Gasteiger partial charge in [0.15, 0.2) is 0 Å². The minimum absolute atomic E-state index is 0.154. The summed E-state index contributed by atoms with van der Waals surface area (Å²) in [6.07, 6.45) is 5.64. The molecule has 1 nitrogen and oxygen atoms in total. The first-order chi connectivity index (χ1) is 8.61. The highest BCUT2D eigenvalue weighted by atomic mass is 32.2. The average Bonchev–Trinajstić information content (AvgIpc) is 2.79. The molecule has 1 aromatic carbocycles. The summed E-state index contributed by atoms with van der Waals surface area (Å²) in [6, 6.07) is 3.89. The lowest BCUT2D eigenvalue weighted by molar-refractivity contribution is 0.449. The molecular weight excluding hydrogens is 252 g/mol. The zero-order valence-corrected chi connectivity index (χ0v) is 11.6. The normalized spacial score (nSPS) is 25.3. The van der Waals surface area contributed by atoms with E-state index < -0.39 is 0 Å². The SMILES string of the molecule is CSC1CCCC1NC(C)c1cc(F)ccc1F. The second-order valence-electron chi connectivity index (χ2n) is 4.87. The fourth-order valence-electron chi connectivity index (χ4n) is 2.66. The summed E-state index contributed by atoms with van der Waals surface area (Å²) >= 11 is 1.85. The zero-order chi connectivity index (χ0) is 13.1. The van der Waals surface area contributed by atoms with Crippen LogP contribution >= 0.6 is 11.8 Å². The third-order valence-corrected chi connectivity index (χ3v) is 4.81. The van der Waals surface area contributed by atoms with E-state index in [1.807, 2.05) is 18.7 Å². The number of thioether (sulfide) groups is 1. The van der Waals surface area contributed by atoms with Gasteiger partial charge in [-0.1, -0.05) is 6.42 Å². The van der Waals surface area contributed by atoms with Crippen LogP contribution in [0.25, 0.3) is 0 Å². The van der Waals surface area contributed by atoms with E-state index in [1.54, 1.807) is 0 Å². The van der Waals surface area contributed by atoms with Crippen molar-refractivity contribution >= 4 is 11.8 Å². The number of halogens is 2. The first-order valence-corrected chi connectivity index (χ1v) is 7.64. The molecule has 0 heterocycles. The van der Waals surface area contributed by atoms with E-state index in [9.17, 15) is 8.78 Å². The Morgan fingerprint density at radius 3 is 2.83 bits per heavy atom. The van der Waals surface area contributed by atoms with Gasteiger partial charge in [-0.05, 0) is 44.2 Å². The molecule has 2 rings (SSSR count). The van der Waals surface area contributed by atoms with Crippen LogP contribution in [0.5, 0.6) is 0 Å². The fourth-order valence-corrected chi connectivity index (χ4v) is 3.60. The van der Waals surface area contributed by atoms with Crippen LogP contribution in [0.2, 0.25) is 0 Å². The van der Waals surface area contributed by atoms with Crippen LogP contribution in [0.15, 0.2) is 18.2 Å². The third-order valence-electron chi connectivity index (χ3n) is 3.64. The lowest BCUT2D eigenvalue weighted by Crippen LogP contribution is -2.36. The predicted molar refractivity (Wildman–Crippen MR) is 72.9 cm³/mol. The molecule has 0 bridgehead atoms. The molecule has 0 aliphatic heterocycles. The molecule has 1 fully saturated rings. The number of hydrogen-bond donors (Lipinski definition) is 1. The minimum Gasteiger partial charge on any atom is -0.306 e. The predicted octanol–water partition coefficient (Wildman–Crippen LogP) is 3.90. The highest BCUT2D eigenvalue weighted by Gasteiger charge is 2.28. The van der Waals surface area contributed by atoms with Crippen LogP contribution in [0, 0.1) is 11.6 Å². The van der Waals surface area contributed by atoms with Gasteiger partial charge in [0.05, 0.1) is 0 Å². The summed E-state index contributed by atoms with van der Waals surface area (Å²) in [6.45, 7) is 1.90. The van der Waals surface area contributed by atoms with Crippen molar-refractivity contribution in [1.82, 2.24) is 5.32 Å². The molecule has 3 atom stereocenters. The van der Waals surface area contributed by atoms with Crippen molar-refractivity contribution < 1.29 is 8.78 Å². The summed E-state index contributed by atoms with van der Waals surface area (Å²) in [5.41, 5.74) is 0.418. The Labute approximate surface area is 111 Å². The molecule has 0 spiro atoms. The quantitative estimate of drug-likeness (QED) is 0.891. The van der Waals surface area contributed by atoms with Crippen molar-refractivity contribution in [2.75, 3.05) is 6.26 Å². The molecule has 1 saturated carbocycles. The van der Waals surface area contributed by atoms with Crippen molar-refractivity contribution in [2.24, 2.45) is 0 Å². The van der Waals surface area contributed by atoms with Crippen molar-refractivity contribution in [2.45, 2.75) is 43.5 Å². The fraction of sp³-hybridized carbons (Fsp3) is 0.571. The summed E-state index contributed by atoms with van der Waals surface area (Å²) in [7, 11) is 0. The van der Waals surface area contributed by atoms with Gasteiger partial charge in [-0.15, -0.1) is 0 Å². The Hall–Kier alpha value is -0.610. The van der Waals surface area contributed by atoms with Crippen LogP contribution < -0.4 is 5.32 Å². The van der Waals surface area contributed by atoms with Gasteiger partial charge >= 0.3 is 0 Å². The van der Waals surface area contributed by atoms with Crippen LogP contribution in [0.1, 0.15) is 37.8 Å². The topological polar surface area (TPSA) is 12.0 Å². The molecule has 100 valence electrons. The van der Waals surface area contributed by atoms with Crippen molar-refractivity contribution in [3.63, 3.8) is 0 Å². The summed E-state index contributed by atoms with van der Waals surface area (Å²) in [5.74, 6) is -0.719. The van der Waals surface area contributed by atoms with Crippen LogP contribution in [-0.2, 0) is 0 Å². The molecule has 0 aromatic heterocycles. The monoisotopic (exact) mass is 271 g/mol. The molecule has 4 heteroatoms. The Morgan fingerprint density at radius 2 is 2.11 bits per heavy atom. The standard InChI is InChI=1S/C14H19F2NS/c1-9(11-8-10(15)6-7-12(11)16)17-13-4-3-5-14(13)18-2/h6-9,13-14,17H,3-5H2,1-2H3. The maximum Gasteiger partial charge on any atom is 0.128 e. The number of benzene rings is 1. The molecule has 1 aromatic rings. The van der Waals surface area contributed by atoms with E-state index in [1.165, 1.54) is 25.0 Å². The summed E-state index contributed by atoms with van der Waals surface area (Å²) in [5, 5.41) is 4.02. The molecular formula is C14H19F2NS. The van der Waals surface area contributed by atoms with E-state index in [4.69, 9.17) is 0 Å². The zero-order valence-electron chi connectivity index (χ0n) is 10.7. The molecule has 1 aliphatic carbocycles. The van der Waals surface area contributed by atoms with Gasteiger partial charge in [-0.25, -0.2) is 8.78 Å². The first kappa shape index (κ1) is 13.8. The number of hydrogen-bond acceptors (Lipinski definition) is 2. The van der Waals surface area contributed by atoms with Gasteiger partial charge in [0.1, 0.15) is 11.6 Å². The average molecular weight is 271 g/mol. The Kier molecular flexibility index (Phi) is 4.62. The smallest absolute Gasteiger partial charge is 0.128 e. The first-order valence-electron chi connectivity index (χ1n) is 6.35. The van der Waals surface area contributed by atoms with E-state index in [0.717, 1.165) is 12.5 Å². The maximum atomic E-state index is 13.7. The van der Waals surface area contributed by atoms with Gasteiger partial charge in [-0.2, -0.15) is 11.8 Å². The van der Waals surface area contributed by atoms with Gasteiger partial charge in [-0.3, -0.25) is 0 Å². The van der Waals surface area contributed by atoms with Crippen LogP contribution in [0.3, 0.4) is 0 Å². The van der Waals surface area contributed by atoms with Gasteiger partial charge in [0.2, 0.25) is 0 Å². The number of nitrogens with one attached hydrogen (secondary N) is 1. The highest BCUT2D eigenvalue weighted by Crippen LogP contribution is 2.30. The van der Waals surface area contributed by atoms with E-state index in [-0.39, 0.29) is 17.7 Å². The molecule has 18 heavy (non-hydrogen) atoms. The van der Waals surface area contributed by atoms with E-state index >= 15 is 0 Å². The van der Waals surface area contributed by atoms with Gasteiger partial charge < -0.3 is 5.32 Å². The third kappa shape index (κ3) is 3.04. The Bertz CT molecular complexity index is 411. The van der Waals surface area contributed by atoms with Gasteiger partial charge in [0.25, 0.3) is 0 Å². The lowest BCUT2D eigenvalue weighted by atomic mass is 10.1. The minimum atomic E-state index is -0.382. The molecule has 0 radical (unpaired) electrons. The molecule has 0 saturated heterocycles. The van der Waals surface area contributed by atoms with Gasteiger partial charge in [0, 0.05) is 22.9 Å². The largest absolute Gasteiger partial charge is 0.306 e. The maximum absolute atomic E-state index is 13.7. The van der Waals surface area contributed by atoms with E-state index in [2.05, 4.69) is 11.6 Å². The van der Waals surface area contributed by atoms with Crippen LogP contribution in [-0.4, -0.2) is 17.5 Å². The lowest BCUT2D eigenvalue weighted by Gasteiger charge is -2.24. The molecule has 1 N–H and O–H groups in total. The highest BCUT2D eigenvalue weighted by molar-refractivity contribution is 7.99.